The van der Waals surface area contributed by atoms with E-state index in [4.69, 9.17) is 4.74 Å². The highest BCUT2D eigenvalue weighted by molar-refractivity contribution is 6.22. The second-order valence-corrected chi connectivity index (χ2v) is 8.38. The van der Waals surface area contributed by atoms with E-state index in [2.05, 4.69) is 9.80 Å². The standard InChI is InChI=1S/C22H30N4O4/c1-16-3-4-18(17(2)13-16)26-20(27)14-19(22(26)29)24-7-5-23(6-8-24)15-21(28)25-9-11-30-12-10-25/h3-4,13,19H,5-12,14-15H2,1-2H3/t19-/m1/s1. The largest absolute Gasteiger partial charge is 0.378 e. The fourth-order valence-corrected chi connectivity index (χ4v) is 4.55. The number of carbonyl (C=O) groups excluding carboxylic acids is 3. The van der Waals surface area contributed by atoms with Gasteiger partial charge in [0, 0.05) is 39.3 Å². The maximum absolute atomic E-state index is 13.1. The zero-order chi connectivity index (χ0) is 21.3. The number of piperazine rings is 1. The summed E-state index contributed by atoms with van der Waals surface area (Å²) >= 11 is 0. The summed E-state index contributed by atoms with van der Waals surface area (Å²) in [5.74, 6) is -0.133. The molecule has 162 valence electrons. The van der Waals surface area contributed by atoms with Gasteiger partial charge in [-0.1, -0.05) is 17.7 Å². The highest BCUT2D eigenvalue weighted by atomic mass is 16.5. The first-order valence-corrected chi connectivity index (χ1v) is 10.7. The molecule has 8 nitrogen and oxygen atoms in total. The summed E-state index contributed by atoms with van der Waals surface area (Å²) in [5, 5.41) is 0. The minimum Gasteiger partial charge on any atom is -0.378 e. The molecule has 0 aliphatic carbocycles. The van der Waals surface area contributed by atoms with E-state index in [0.717, 1.165) is 24.2 Å². The van der Waals surface area contributed by atoms with Crippen LogP contribution in [0.3, 0.4) is 0 Å². The van der Waals surface area contributed by atoms with Crippen LogP contribution in [0.25, 0.3) is 0 Å². The fraction of sp³-hybridized carbons (Fsp3) is 0.591. The number of nitrogens with zero attached hydrogens (tertiary/aromatic N) is 4. The van der Waals surface area contributed by atoms with Crippen LogP contribution in [0.5, 0.6) is 0 Å². The second-order valence-electron chi connectivity index (χ2n) is 8.38. The molecule has 0 spiro atoms. The lowest BCUT2D eigenvalue weighted by Gasteiger charge is -2.37. The lowest BCUT2D eigenvalue weighted by Crippen LogP contribution is -2.55. The normalized spacial score (nSPS) is 24.0. The van der Waals surface area contributed by atoms with Gasteiger partial charge in [-0.25, -0.2) is 4.90 Å². The Morgan fingerprint density at radius 2 is 1.73 bits per heavy atom. The Hall–Kier alpha value is -2.29. The highest BCUT2D eigenvalue weighted by Gasteiger charge is 2.43. The van der Waals surface area contributed by atoms with Crippen molar-refractivity contribution in [3.8, 4) is 0 Å². The first kappa shape index (κ1) is 21.0. The molecule has 0 bridgehead atoms. The Bertz CT molecular complexity index is 828. The van der Waals surface area contributed by atoms with E-state index in [9.17, 15) is 14.4 Å². The van der Waals surface area contributed by atoms with Gasteiger partial charge in [0.15, 0.2) is 0 Å². The van der Waals surface area contributed by atoms with Gasteiger partial charge >= 0.3 is 0 Å². The molecule has 30 heavy (non-hydrogen) atoms. The summed E-state index contributed by atoms with van der Waals surface area (Å²) < 4.78 is 5.31. The third kappa shape index (κ3) is 4.26. The summed E-state index contributed by atoms with van der Waals surface area (Å²) in [6.07, 6.45) is 0.221. The lowest BCUT2D eigenvalue weighted by atomic mass is 10.1. The Morgan fingerprint density at radius 3 is 2.40 bits per heavy atom. The summed E-state index contributed by atoms with van der Waals surface area (Å²) in [6.45, 7) is 9.66. The van der Waals surface area contributed by atoms with Gasteiger partial charge < -0.3 is 9.64 Å². The molecule has 0 unspecified atom stereocenters. The minimum atomic E-state index is -0.407. The maximum atomic E-state index is 13.1. The lowest BCUT2D eigenvalue weighted by molar-refractivity contribution is -0.137. The molecule has 4 rings (SSSR count). The van der Waals surface area contributed by atoms with E-state index in [-0.39, 0.29) is 24.1 Å². The molecule has 1 aromatic rings. The topological polar surface area (TPSA) is 73.4 Å². The number of ether oxygens (including phenoxy) is 1. The van der Waals surface area contributed by atoms with Crippen molar-refractivity contribution in [1.82, 2.24) is 14.7 Å². The van der Waals surface area contributed by atoms with Crippen LogP contribution in [0, 0.1) is 13.8 Å². The predicted octanol–water partition coefficient (Wildman–Crippen LogP) is 0.412. The second kappa shape index (κ2) is 8.83. The molecular formula is C22H30N4O4. The third-order valence-electron chi connectivity index (χ3n) is 6.29. The van der Waals surface area contributed by atoms with E-state index in [1.54, 1.807) is 0 Å². The Balaban J connectivity index is 1.34. The molecule has 1 aromatic carbocycles. The number of hydrogen-bond donors (Lipinski definition) is 0. The number of morpholine rings is 1. The van der Waals surface area contributed by atoms with E-state index >= 15 is 0 Å². The number of carbonyl (C=O) groups is 3. The van der Waals surface area contributed by atoms with Crippen LogP contribution in [-0.4, -0.2) is 97.5 Å². The van der Waals surface area contributed by atoms with E-state index < -0.39 is 6.04 Å². The smallest absolute Gasteiger partial charge is 0.251 e. The summed E-state index contributed by atoms with van der Waals surface area (Å²) in [6, 6.07) is 5.38. The van der Waals surface area contributed by atoms with Gasteiger partial charge in [-0.05, 0) is 25.5 Å². The number of imide groups is 1. The van der Waals surface area contributed by atoms with Gasteiger partial charge in [0.1, 0.15) is 0 Å². The summed E-state index contributed by atoms with van der Waals surface area (Å²) in [5.41, 5.74) is 2.73. The molecule has 0 saturated carbocycles. The quantitative estimate of drug-likeness (QED) is 0.665. The van der Waals surface area contributed by atoms with Crippen molar-refractivity contribution in [3.63, 3.8) is 0 Å². The molecule has 0 aromatic heterocycles. The molecule has 3 amide bonds. The van der Waals surface area contributed by atoms with Gasteiger partial charge in [0.25, 0.3) is 5.91 Å². The van der Waals surface area contributed by atoms with E-state index in [1.165, 1.54) is 4.90 Å². The van der Waals surface area contributed by atoms with Gasteiger partial charge in [0.2, 0.25) is 11.8 Å². The number of hydrogen-bond acceptors (Lipinski definition) is 6. The fourth-order valence-electron chi connectivity index (χ4n) is 4.55. The first-order chi connectivity index (χ1) is 14.4. The van der Waals surface area contributed by atoms with Gasteiger partial charge in [-0.15, -0.1) is 0 Å². The molecule has 0 N–H and O–H groups in total. The molecule has 3 saturated heterocycles. The van der Waals surface area contributed by atoms with Crippen molar-refractivity contribution in [1.29, 1.82) is 0 Å². The van der Waals surface area contributed by atoms with Gasteiger partial charge in [-0.2, -0.15) is 0 Å². The minimum absolute atomic E-state index is 0.134. The molecular weight excluding hydrogens is 384 g/mol. The van der Waals surface area contributed by atoms with E-state index in [1.807, 2.05) is 36.9 Å². The number of amides is 3. The van der Waals surface area contributed by atoms with Crippen LogP contribution in [0.2, 0.25) is 0 Å². The molecule has 3 aliphatic rings. The van der Waals surface area contributed by atoms with Gasteiger partial charge in [0.05, 0.1) is 37.9 Å². The first-order valence-electron chi connectivity index (χ1n) is 10.7. The van der Waals surface area contributed by atoms with Crippen molar-refractivity contribution < 1.29 is 19.1 Å². The van der Waals surface area contributed by atoms with Crippen LogP contribution in [0.15, 0.2) is 18.2 Å². The van der Waals surface area contributed by atoms with Crippen molar-refractivity contribution in [2.24, 2.45) is 0 Å². The molecule has 3 fully saturated rings. The molecule has 8 heteroatoms. The van der Waals surface area contributed by atoms with Crippen molar-refractivity contribution >= 4 is 23.4 Å². The Kier molecular flexibility index (Phi) is 6.17. The molecule has 3 heterocycles. The van der Waals surface area contributed by atoms with E-state index in [0.29, 0.717) is 51.6 Å². The zero-order valence-corrected chi connectivity index (χ0v) is 17.8. The average Bonchev–Trinajstić information content (AvgIpc) is 3.03. The molecule has 3 aliphatic heterocycles. The van der Waals surface area contributed by atoms with Crippen LogP contribution in [-0.2, 0) is 19.1 Å². The number of benzene rings is 1. The Morgan fingerprint density at radius 1 is 1.03 bits per heavy atom. The number of rotatable bonds is 4. The molecule has 0 radical (unpaired) electrons. The van der Waals surface area contributed by atoms with Crippen LogP contribution in [0.1, 0.15) is 17.5 Å². The van der Waals surface area contributed by atoms with Gasteiger partial charge in [-0.3, -0.25) is 24.2 Å². The van der Waals surface area contributed by atoms with Crippen LogP contribution < -0.4 is 4.90 Å². The van der Waals surface area contributed by atoms with Crippen molar-refractivity contribution in [2.75, 3.05) is 63.9 Å². The monoisotopic (exact) mass is 414 g/mol. The maximum Gasteiger partial charge on any atom is 0.251 e. The SMILES string of the molecule is Cc1ccc(N2C(=O)C[C@@H](N3CCN(CC(=O)N4CCOCC4)CC3)C2=O)c(C)c1. The number of anilines is 1. The third-order valence-corrected chi connectivity index (χ3v) is 6.29. The summed E-state index contributed by atoms with van der Waals surface area (Å²) in [4.78, 5) is 45.7. The predicted molar refractivity (Wildman–Crippen MR) is 112 cm³/mol. The molecule has 1 atom stereocenters. The van der Waals surface area contributed by atoms with Crippen molar-refractivity contribution in [3.05, 3.63) is 29.3 Å². The van der Waals surface area contributed by atoms with Crippen LogP contribution >= 0.6 is 0 Å². The average molecular weight is 415 g/mol. The highest BCUT2D eigenvalue weighted by Crippen LogP contribution is 2.29. The van der Waals surface area contributed by atoms with Crippen LogP contribution in [0.4, 0.5) is 5.69 Å². The van der Waals surface area contributed by atoms with Crippen molar-refractivity contribution in [2.45, 2.75) is 26.3 Å². The number of aryl methyl sites for hydroxylation is 2. The zero-order valence-electron chi connectivity index (χ0n) is 17.8. The summed E-state index contributed by atoms with van der Waals surface area (Å²) in [7, 11) is 0. The Labute approximate surface area is 177 Å².